The summed E-state index contributed by atoms with van der Waals surface area (Å²) in [5.74, 6) is -0.374. The zero-order valence-electron chi connectivity index (χ0n) is 15.3. The molecule has 7 heteroatoms. The third-order valence-corrected chi connectivity index (χ3v) is 6.92. The molecule has 1 saturated heterocycles. The van der Waals surface area contributed by atoms with Gasteiger partial charge in [-0.1, -0.05) is 44.2 Å². The van der Waals surface area contributed by atoms with Crippen LogP contribution in [-0.4, -0.2) is 49.1 Å². The third kappa shape index (κ3) is 4.80. The first-order chi connectivity index (χ1) is 11.9. The average Bonchev–Trinajstić information content (AvgIpc) is 2.63. The van der Waals surface area contributed by atoms with Crippen LogP contribution in [0, 0.1) is 5.92 Å². The van der Waals surface area contributed by atoms with E-state index in [1.54, 1.807) is 0 Å². The Morgan fingerprint density at radius 1 is 1.28 bits per heavy atom. The summed E-state index contributed by atoms with van der Waals surface area (Å²) in [5, 5.41) is 3.02. The molecule has 1 N–H and O–H groups in total. The van der Waals surface area contributed by atoms with E-state index in [9.17, 15) is 13.2 Å². The number of carbonyl (C=O) groups excluding carboxylic acids is 1. The van der Waals surface area contributed by atoms with Crippen LogP contribution in [0.15, 0.2) is 30.3 Å². The molecule has 140 valence electrons. The lowest BCUT2D eigenvalue weighted by molar-refractivity contribution is -0.126. The van der Waals surface area contributed by atoms with E-state index < -0.39 is 10.2 Å². The van der Waals surface area contributed by atoms with Gasteiger partial charge in [0.1, 0.15) is 0 Å². The number of hydrogen-bond acceptors (Lipinski definition) is 3. The largest absolute Gasteiger partial charge is 0.349 e. The zero-order valence-corrected chi connectivity index (χ0v) is 16.1. The number of carbonyl (C=O) groups is 1. The summed E-state index contributed by atoms with van der Waals surface area (Å²) in [6.07, 6.45) is 1.43. The Bertz CT molecular complexity index is 659. The molecule has 2 rings (SSSR count). The fourth-order valence-corrected chi connectivity index (χ4v) is 4.94. The van der Waals surface area contributed by atoms with Gasteiger partial charge < -0.3 is 5.32 Å². The maximum absolute atomic E-state index is 12.7. The molecule has 2 atom stereocenters. The van der Waals surface area contributed by atoms with Crippen LogP contribution >= 0.6 is 0 Å². The Labute approximate surface area is 151 Å². The van der Waals surface area contributed by atoms with E-state index in [-0.39, 0.29) is 24.4 Å². The summed E-state index contributed by atoms with van der Waals surface area (Å²) < 4.78 is 28.3. The number of amides is 1. The minimum atomic E-state index is -3.48. The molecule has 0 bridgehead atoms. The number of benzene rings is 1. The molecule has 0 aromatic heterocycles. The molecule has 1 aromatic rings. The lowest BCUT2D eigenvalue weighted by Crippen LogP contribution is -2.50. The fraction of sp³-hybridized carbons (Fsp3) is 0.611. The zero-order chi connectivity index (χ0) is 18.4. The summed E-state index contributed by atoms with van der Waals surface area (Å²) in [5.41, 5.74) is 1.04. The number of hydrogen-bond donors (Lipinski definition) is 1. The molecule has 0 saturated carbocycles. The van der Waals surface area contributed by atoms with E-state index in [1.807, 2.05) is 51.1 Å². The quantitative estimate of drug-likeness (QED) is 0.803. The van der Waals surface area contributed by atoms with Crippen LogP contribution in [-0.2, 0) is 15.0 Å². The van der Waals surface area contributed by atoms with Crippen molar-refractivity contribution in [3.63, 3.8) is 0 Å². The van der Waals surface area contributed by atoms with Crippen molar-refractivity contribution in [2.75, 3.05) is 26.2 Å². The first-order valence-corrected chi connectivity index (χ1v) is 10.4. The third-order valence-electron chi connectivity index (χ3n) is 4.77. The Kier molecular flexibility index (Phi) is 6.98. The topological polar surface area (TPSA) is 69.7 Å². The summed E-state index contributed by atoms with van der Waals surface area (Å²) in [7, 11) is -3.48. The first kappa shape index (κ1) is 19.9. The minimum Gasteiger partial charge on any atom is -0.349 e. The van der Waals surface area contributed by atoms with Crippen LogP contribution in [0.2, 0.25) is 0 Å². The van der Waals surface area contributed by atoms with Crippen molar-refractivity contribution in [3.8, 4) is 0 Å². The van der Waals surface area contributed by atoms with Gasteiger partial charge in [-0.05, 0) is 25.3 Å². The van der Waals surface area contributed by atoms with E-state index in [2.05, 4.69) is 5.32 Å². The smallest absolute Gasteiger partial charge is 0.281 e. The summed E-state index contributed by atoms with van der Waals surface area (Å²) in [6.45, 7) is 7.23. The van der Waals surface area contributed by atoms with Gasteiger partial charge in [-0.2, -0.15) is 17.0 Å². The molecule has 0 unspecified atom stereocenters. The Morgan fingerprint density at radius 3 is 2.52 bits per heavy atom. The highest BCUT2D eigenvalue weighted by molar-refractivity contribution is 7.86. The number of nitrogens with zero attached hydrogens (tertiary/aromatic N) is 2. The Morgan fingerprint density at radius 2 is 1.92 bits per heavy atom. The second-order valence-electron chi connectivity index (χ2n) is 6.43. The number of rotatable bonds is 7. The fourth-order valence-electron chi connectivity index (χ4n) is 3.24. The molecule has 6 nitrogen and oxygen atoms in total. The van der Waals surface area contributed by atoms with Crippen molar-refractivity contribution in [3.05, 3.63) is 35.9 Å². The average molecular weight is 368 g/mol. The van der Waals surface area contributed by atoms with Crippen molar-refractivity contribution < 1.29 is 13.2 Å². The lowest BCUT2D eigenvalue weighted by atomic mass is 9.98. The van der Waals surface area contributed by atoms with E-state index >= 15 is 0 Å². The van der Waals surface area contributed by atoms with Gasteiger partial charge in [0.05, 0.1) is 12.0 Å². The van der Waals surface area contributed by atoms with Crippen molar-refractivity contribution in [2.24, 2.45) is 5.92 Å². The van der Waals surface area contributed by atoms with Gasteiger partial charge in [0.15, 0.2) is 0 Å². The first-order valence-electron chi connectivity index (χ1n) is 9.00. The van der Waals surface area contributed by atoms with Crippen LogP contribution in [0.25, 0.3) is 0 Å². The molecule has 1 aliphatic rings. The molecule has 0 radical (unpaired) electrons. The summed E-state index contributed by atoms with van der Waals surface area (Å²) >= 11 is 0. The molecule has 0 aliphatic carbocycles. The standard InChI is InChI=1S/C18H29N3O3S/c1-4-20(5-2)25(23,24)21-13-9-12-17(14-21)18(22)19-15(3)16-10-7-6-8-11-16/h6-8,10-11,15,17H,4-5,9,12-14H2,1-3H3,(H,19,22)/t15-,17+/m0/s1. The van der Waals surface area contributed by atoms with Crippen LogP contribution in [0.1, 0.15) is 45.2 Å². The predicted molar refractivity (Wildman–Crippen MR) is 99.1 cm³/mol. The van der Waals surface area contributed by atoms with Crippen LogP contribution < -0.4 is 5.32 Å². The molecule has 1 aliphatic heterocycles. The predicted octanol–water partition coefficient (Wildman–Crippen LogP) is 2.16. The van der Waals surface area contributed by atoms with Crippen molar-refractivity contribution >= 4 is 16.1 Å². The van der Waals surface area contributed by atoms with Crippen LogP contribution in [0.3, 0.4) is 0 Å². The van der Waals surface area contributed by atoms with E-state index in [4.69, 9.17) is 0 Å². The molecule has 0 spiro atoms. The maximum Gasteiger partial charge on any atom is 0.281 e. The molecule has 25 heavy (non-hydrogen) atoms. The summed E-state index contributed by atoms with van der Waals surface area (Å²) in [4.78, 5) is 12.6. The number of piperidine rings is 1. The van der Waals surface area contributed by atoms with Gasteiger partial charge >= 0.3 is 0 Å². The van der Waals surface area contributed by atoms with Gasteiger partial charge in [0, 0.05) is 26.2 Å². The Hall–Kier alpha value is -1.44. The van der Waals surface area contributed by atoms with Gasteiger partial charge in [0.25, 0.3) is 10.2 Å². The van der Waals surface area contributed by atoms with Crippen molar-refractivity contribution in [2.45, 2.75) is 39.7 Å². The van der Waals surface area contributed by atoms with Gasteiger partial charge in [0.2, 0.25) is 5.91 Å². The van der Waals surface area contributed by atoms with Gasteiger partial charge in [-0.15, -0.1) is 0 Å². The van der Waals surface area contributed by atoms with Crippen molar-refractivity contribution in [1.29, 1.82) is 0 Å². The van der Waals surface area contributed by atoms with Gasteiger partial charge in [-0.3, -0.25) is 4.79 Å². The Balaban J connectivity index is 2.02. The molecule has 1 heterocycles. The summed E-state index contributed by atoms with van der Waals surface area (Å²) in [6, 6.07) is 9.68. The highest BCUT2D eigenvalue weighted by Gasteiger charge is 2.35. The minimum absolute atomic E-state index is 0.0733. The number of nitrogens with one attached hydrogen (secondary N) is 1. The molecule has 1 fully saturated rings. The highest BCUT2D eigenvalue weighted by atomic mass is 32.2. The SMILES string of the molecule is CCN(CC)S(=O)(=O)N1CCC[C@@H](C(=O)N[C@@H](C)c2ccccc2)C1. The van der Waals surface area contributed by atoms with Gasteiger partial charge in [-0.25, -0.2) is 0 Å². The van der Waals surface area contributed by atoms with Crippen LogP contribution in [0.4, 0.5) is 0 Å². The highest BCUT2D eigenvalue weighted by Crippen LogP contribution is 2.22. The molecule has 1 amide bonds. The maximum atomic E-state index is 12.7. The van der Waals surface area contributed by atoms with Crippen LogP contribution in [0.5, 0.6) is 0 Å². The van der Waals surface area contributed by atoms with E-state index in [1.165, 1.54) is 8.61 Å². The monoisotopic (exact) mass is 367 g/mol. The normalized spacial score (nSPS) is 20.4. The lowest BCUT2D eigenvalue weighted by Gasteiger charge is -2.34. The van der Waals surface area contributed by atoms with E-state index in [0.717, 1.165) is 12.0 Å². The molecular formula is C18H29N3O3S. The molecular weight excluding hydrogens is 338 g/mol. The second-order valence-corrected chi connectivity index (χ2v) is 8.36. The molecule has 1 aromatic carbocycles. The van der Waals surface area contributed by atoms with Crippen molar-refractivity contribution in [1.82, 2.24) is 13.9 Å². The second kappa shape index (κ2) is 8.78. The van der Waals surface area contributed by atoms with E-state index in [0.29, 0.717) is 26.1 Å².